The quantitative estimate of drug-likeness (QED) is 0.602. The van der Waals surface area contributed by atoms with Gasteiger partial charge in [0.05, 0.1) is 39.0 Å². The van der Waals surface area contributed by atoms with Crippen LogP contribution in [0.25, 0.3) is 0 Å². The zero-order valence-electron chi connectivity index (χ0n) is 21.5. The second-order valence-electron chi connectivity index (χ2n) is 9.79. The number of hydrogen-bond donors (Lipinski definition) is 1. The number of ether oxygens (including phenoxy) is 2. The van der Waals surface area contributed by atoms with Crippen molar-refractivity contribution < 1.29 is 24.2 Å². The highest BCUT2D eigenvalue weighted by atomic mass is 16.5. The largest absolute Gasteiger partial charge is 0.472 e. The van der Waals surface area contributed by atoms with Crippen molar-refractivity contribution in [2.45, 2.75) is 39.8 Å². The van der Waals surface area contributed by atoms with Gasteiger partial charge in [0, 0.05) is 50.3 Å². The Balaban J connectivity index is 1.85. The summed E-state index contributed by atoms with van der Waals surface area (Å²) in [7, 11) is 1.77. The van der Waals surface area contributed by atoms with Crippen LogP contribution in [0.1, 0.15) is 43.6 Å². The Hall–Kier alpha value is -2.67. The molecule has 0 spiro atoms. The minimum Gasteiger partial charge on any atom is -0.472 e. The number of carbonyl (C=O) groups is 2. The summed E-state index contributed by atoms with van der Waals surface area (Å²) in [4.78, 5) is 36.2. The molecule has 1 aromatic rings. The van der Waals surface area contributed by atoms with E-state index < -0.39 is 0 Å². The summed E-state index contributed by atoms with van der Waals surface area (Å²) >= 11 is 0. The number of aromatic nitrogens is 1. The fourth-order valence-electron chi connectivity index (χ4n) is 4.06. The standard InChI is InChI=1S/C26H38N4O5/c1-18(2)6-7-21-12-22-25(27-13-21)35-23(19(3)14-30(26(22)33)20(4)17-31)15-28(5)24(32)16-29-8-10-34-11-9-29/h12-13,18-20,23,31H,8-11,14-17H2,1-5H3/t19-,20+,23-/m1/s1. The number of hydrogen-bond acceptors (Lipinski definition) is 7. The van der Waals surface area contributed by atoms with Crippen molar-refractivity contribution in [2.24, 2.45) is 11.8 Å². The van der Waals surface area contributed by atoms with Crippen LogP contribution in [-0.2, 0) is 9.53 Å². The van der Waals surface area contributed by atoms with Crippen LogP contribution in [0.3, 0.4) is 0 Å². The average Bonchev–Trinajstić information content (AvgIpc) is 2.84. The topological polar surface area (TPSA) is 95.4 Å². The molecule has 1 aromatic heterocycles. The maximum absolute atomic E-state index is 13.5. The molecule has 2 amide bonds. The molecule has 2 aliphatic heterocycles. The van der Waals surface area contributed by atoms with Gasteiger partial charge in [0.2, 0.25) is 11.8 Å². The number of fused-ring (bicyclic) bond motifs is 1. The first kappa shape index (κ1) is 26.9. The van der Waals surface area contributed by atoms with Gasteiger partial charge < -0.3 is 24.4 Å². The van der Waals surface area contributed by atoms with Crippen LogP contribution in [0.2, 0.25) is 0 Å². The molecule has 3 atom stereocenters. The molecule has 3 rings (SSSR count). The highest BCUT2D eigenvalue weighted by molar-refractivity contribution is 5.97. The van der Waals surface area contributed by atoms with Gasteiger partial charge in [-0.1, -0.05) is 32.6 Å². The Labute approximate surface area is 208 Å². The molecule has 0 aliphatic carbocycles. The van der Waals surface area contributed by atoms with Crippen LogP contribution in [0.5, 0.6) is 5.88 Å². The molecule has 1 fully saturated rings. The first-order valence-electron chi connectivity index (χ1n) is 12.3. The fraction of sp³-hybridized carbons (Fsp3) is 0.654. The van der Waals surface area contributed by atoms with Gasteiger partial charge in [-0.05, 0) is 13.0 Å². The predicted molar refractivity (Wildman–Crippen MR) is 132 cm³/mol. The van der Waals surface area contributed by atoms with Crippen molar-refractivity contribution in [3.8, 4) is 17.7 Å². The molecule has 0 saturated carbocycles. The molecule has 0 unspecified atom stereocenters. The number of carbonyl (C=O) groups excluding carboxylic acids is 2. The fourth-order valence-corrected chi connectivity index (χ4v) is 4.06. The molecule has 35 heavy (non-hydrogen) atoms. The highest BCUT2D eigenvalue weighted by Gasteiger charge is 2.34. The van der Waals surface area contributed by atoms with Crippen molar-refractivity contribution in [2.75, 3.05) is 59.6 Å². The lowest BCUT2D eigenvalue weighted by molar-refractivity contribution is -0.133. The van der Waals surface area contributed by atoms with Gasteiger partial charge in [0.15, 0.2) is 0 Å². The zero-order chi connectivity index (χ0) is 25.5. The zero-order valence-corrected chi connectivity index (χ0v) is 21.5. The molecular formula is C26H38N4O5. The van der Waals surface area contributed by atoms with Gasteiger partial charge in [0.1, 0.15) is 11.7 Å². The molecule has 9 nitrogen and oxygen atoms in total. The van der Waals surface area contributed by atoms with E-state index in [1.165, 1.54) is 0 Å². The van der Waals surface area contributed by atoms with E-state index in [1.807, 2.05) is 27.7 Å². The molecule has 1 saturated heterocycles. The summed E-state index contributed by atoms with van der Waals surface area (Å²) in [6.45, 7) is 11.5. The number of likely N-dealkylation sites (N-methyl/N-ethyl adjacent to an activating group) is 1. The van der Waals surface area contributed by atoms with E-state index in [-0.39, 0.29) is 48.3 Å². The summed E-state index contributed by atoms with van der Waals surface area (Å²) in [5.41, 5.74) is 0.953. The van der Waals surface area contributed by atoms with Crippen LogP contribution in [-0.4, -0.2) is 108 Å². The van der Waals surface area contributed by atoms with Gasteiger partial charge >= 0.3 is 0 Å². The van der Waals surface area contributed by atoms with Crippen molar-refractivity contribution in [1.29, 1.82) is 0 Å². The van der Waals surface area contributed by atoms with E-state index in [4.69, 9.17) is 9.47 Å². The minimum atomic E-state index is -0.381. The molecule has 3 heterocycles. The second kappa shape index (κ2) is 12.3. The van der Waals surface area contributed by atoms with Crippen molar-refractivity contribution in [1.82, 2.24) is 19.7 Å². The SMILES string of the molecule is CC(C)C#Cc1cnc2c(c1)C(=O)N([C@@H](C)CO)C[C@@H](C)[C@@H](CN(C)C(=O)CN1CCOCC1)O2. The second-order valence-corrected chi connectivity index (χ2v) is 9.79. The van der Waals surface area contributed by atoms with Gasteiger partial charge in [-0.3, -0.25) is 14.5 Å². The van der Waals surface area contributed by atoms with Crippen LogP contribution >= 0.6 is 0 Å². The number of nitrogens with zero attached hydrogens (tertiary/aromatic N) is 4. The molecule has 192 valence electrons. The van der Waals surface area contributed by atoms with Crippen molar-refractivity contribution in [3.63, 3.8) is 0 Å². The Kier molecular flexibility index (Phi) is 9.49. The Morgan fingerprint density at radius 2 is 2.03 bits per heavy atom. The van der Waals surface area contributed by atoms with Gasteiger partial charge in [-0.15, -0.1) is 0 Å². The van der Waals surface area contributed by atoms with E-state index >= 15 is 0 Å². The monoisotopic (exact) mass is 486 g/mol. The Morgan fingerprint density at radius 3 is 2.69 bits per heavy atom. The molecule has 0 radical (unpaired) electrons. The molecule has 0 bridgehead atoms. The lowest BCUT2D eigenvalue weighted by Gasteiger charge is -2.38. The molecule has 9 heteroatoms. The van der Waals surface area contributed by atoms with Crippen LogP contribution in [0.15, 0.2) is 12.3 Å². The first-order chi connectivity index (χ1) is 16.7. The molecule has 2 aliphatic rings. The van der Waals surface area contributed by atoms with Gasteiger partial charge in [-0.25, -0.2) is 4.98 Å². The highest BCUT2D eigenvalue weighted by Crippen LogP contribution is 2.27. The Bertz CT molecular complexity index is 951. The summed E-state index contributed by atoms with van der Waals surface area (Å²) < 4.78 is 11.6. The van der Waals surface area contributed by atoms with Gasteiger partial charge in [-0.2, -0.15) is 0 Å². The molecule has 1 N–H and O–H groups in total. The van der Waals surface area contributed by atoms with E-state index in [1.54, 1.807) is 29.1 Å². The van der Waals surface area contributed by atoms with Crippen LogP contribution < -0.4 is 4.74 Å². The Morgan fingerprint density at radius 1 is 1.31 bits per heavy atom. The number of amides is 2. The van der Waals surface area contributed by atoms with Crippen molar-refractivity contribution in [3.05, 3.63) is 23.4 Å². The smallest absolute Gasteiger partial charge is 0.259 e. The third-order valence-corrected chi connectivity index (χ3v) is 6.37. The lowest BCUT2D eigenvalue weighted by atomic mass is 10.00. The summed E-state index contributed by atoms with van der Waals surface area (Å²) in [6.07, 6.45) is 1.23. The van der Waals surface area contributed by atoms with Gasteiger partial charge in [0.25, 0.3) is 5.91 Å². The normalized spacial score (nSPS) is 21.8. The number of aliphatic hydroxyl groups is 1. The van der Waals surface area contributed by atoms with Crippen LogP contribution in [0.4, 0.5) is 0 Å². The lowest BCUT2D eigenvalue weighted by Crippen LogP contribution is -2.51. The summed E-state index contributed by atoms with van der Waals surface area (Å²) in [5.74, 6) is 6.23. The summed E-state index contributed by atoms with van der Waals surface area (Å²) in [6, 6.07) is 1.33. The minimum absolute atomic E-state index is 0.00825. The third-order valence-electron chi connectivity index (χ3n) is 6.37. The van der Waals surface area contributed by atoms with E-state index in [0.717, 1.165) is 13.1 Å². The third kappa shape index (κ3) is 7.17. The van der Waals surface area contributed by atoms with Crippen molar-refractivity contribution >= 4 is 11.8 Å². The molecule has 0 aromatic carbocycles. The number of morpholine rings is 1. The maximum Gasteiger partial charge on any atom is 0.259 e. The summed E-state index contributed by atoms with van der Waals surface area (Å²) in [5, 5.41) is 9.81. The maximum atomic E-state index is 13.5. The van der Waals surface area contributed by atoms with Crippen LogP contribution in [0, 0.1) is 23.7 Å². The first-order valence-corrected chi connectivity index (χ1v) is 12.3. The number of rotatable bonds is 6. The van der Waals surface area contributed by atoms with E-state index in [2.05, 4.69) is 21.7 Å². The predicted octanol–water partition coefficient (Wildman–Crippen LogP) is 1.10. The average molecular weight is 487 g/mol. The van der Waals surface area contributed by atoms with E-state index in [0.29, 0.717) is 44.0 Å². The number of aliphatic hydroxyl groups excluding tert-OH is 1. The number of pyridine rings is 1. The van der Waals surface area contributed by atoms with E-state index in [9.17, 15) is 14.7 Å². The molecular weight excluding hydrogens is 448 g/mol.